The molecule has 0 saturated heterocycles. The van der Waals surface area contributed by atoms with Gasteiger partial charge in [0.1, 0.15) is 0 Å². The summed E-state index contributed by atoms with van der Waals surface area (Å²) in [5, 5.41) is 0. The summed E-state index contributed by atoms with van der Waals surface area (Å²) in [6.45, 7) is 0. The molecular formula is C13H17NO2. The Hall–Kier alpha value is -1.38. The average molecular weight is 219 g/mol. The molecule has 1 aromatic rings. The van der Waals surface area contributed by atoms with Crippen LogP contribution in [0.15, 0.2) is 18.3 Å². The van der Waals surface area contributed by atoms with E-state index in [1.54, 1.807) is 19.4 Å². The Morgan fingerprint density at radius 3 is 2.81 bits per heavy atom. The summed E-state index contributed by atoms with van der Waals surface area (Å²) in [5.41, 5.74) is 0.636. The molecule has 3 heteroatoms. The Morgan fingerprint density at radius 1 is 1.38 bits per heavy atom. The molecule has 1 aliphatic rings. The molecule has 3 nitrogen and oxygen atoms in total. The Labute approximate surface area is 95.8 Å². The molecule has 0 radical (unpaired) electrons. The van der Waals surface area contributed by atoms with Crippen LogP contribution in [0.4, 0.5) is 0 Å². The number of Topliss-reactive ketones (excluding diaryl/α,β-unsaturated/α-hetero) is 1. The second-order valence-electron chi connectivity index (χ2n) is 4.26. The predicted molar refractivity (Wildman–Crippen MR) is 61.7 cm³/mol. The number of ether oxygens (including phenoxy) is 1. The van der Waals surface area contributed by atoms with Gasteiger partial charge >= 0.3 is 0 Å². The molecule has 0 aliphatic heterocycles. The number of methoxy groups -OCH3 is 1. The van der Waals surface area contributed by atoms with Crippen molar-refractivity contribution in [3.63, 3.8) is 0 Å². The molecule has 1 aromatic heterocycles. The van der Waals surface area contributed by atoms with Gasteiger partial charge in [0.15, 0.2) is 5.78 Å². The van der Waals surface area contributed by atoms with E-state index in [9.17, 15) is 4.79 Å². The third-order valence-corrected chi connectivity index (χ3v) is 3.21. The molecule has 0 N–H and O–H groups in total. The molecule has 0 atom stereocenters. The van der Waals surface area contributed by atoms with Gasteiger partial charge in [0.25, 0.3) is 0 Å². The lowest BCUT2D eigenvalue weighted by atomic mass is 9.84. The van der Waals surface area contributed by atoms with Crippen molar-refractivity contribution in [1.82, 2.24) is 4.98 Å². The second kappa shape index (κ2) is 5.10. The lowest BCUT2D eigenvalue weighted by Crippen LogP contribution is -2.18. The van der Waals surface area contributed by atoms with Gasteiger partial charge in [0.05, 0.1) is 12.7 Å². The van der Waals surface area contributed by atoms with Crippen LogP contribution in [0, 0.1) is 5.92 Å². The minimum absolute atomic E-state index is 0.173. The van der Waals surface area contributed by atoms with E-state index >= 15 is 0 Å². The molecule has 1 fully saturated rings. The minimum Gasteiger partial charge on any atom is -0.480 e. The SMILES string of the molecule is COc1ncccc1C(=O)C1CCCCC1. The summed E-state index contributed by atoms with van der Waals surface area (Å²) in [6.07, 6.45) is 7.26. The van der Waals surface area contributed by atoms with Gasteiger partial charge in [-0.15, -0.1) is 0 Å². The fourth-order valence-electron chi connectivity index (χ4n) is 2.33. The van der Waals surface area contributed by atoms with E-state index in [2.05, 4.69) is 4.98 Å². The van der Waals surface area contributed by atoms with Gasteiger partial charge in [-0.3, -0.25) is 4.79 Å². The molecule has 0 amide bonds. The summed E-state index contributed by atoms with van der Waals surface area (Å²) in [5.74, 6) is 0.828. The van der Waals surface area contributed by atoms with E-state index in [1.807, 2.05) is 6.07 Å². The van der Waals surface area contributed by atoms with E-state index in [0.29, 0.717) is 11.4 Å². The first-order valence-corrected chi connectivity index (χ1v) is 5.86. The van der Waals surface area contributed by atoms with E-state index in [0.717, 1.165) is 12.8 Å². The smallest absolute Gasteiger partial charge is 0.224 e. The van der Waals surface area contributed by atoms with Crippen molar-refractivity contribution < 1.29 is 9.53 Å². The number of hydrogen-bond donors (Lipinski definition) is 0. The van der Waals surface area contributed by atoms with E-state index in [1.165, 1.54) is 19.3 Å². The number of pyridine rings is 1. The van der Waals surface area contributed by atoms with Crippen LogP contribution in [-0.2, 0) is 0 Å². The van der Waals surface area contributed by atoms with Crippen LogP contribution in [0.2, 0.25) is 0 Å². The highest BCUT2D eigenvalue weighted by atomic mass is 16.5. The van der Waals surface area contributed by atoms with Crippen molar-refractivity contribution in [2.45, 2.75) is 32.1 Å². The maximum Gasteiger partial charge on any atom is 0.224 e. The van der Waals surface area contributed by atoms with Crippen molar-refractivity contribution in [2.75, 3.05) is 7.11 Å². The van der Waals surface area contributed by atoms with Crippen LogP contribution >= 0.6 is 0 Å². The Kier molecular flexibility index (Phi) is 3.54. The summed E-state index contributed by atoms with van der Waals surface area (Å²) in [7, 11) is 1.56. The lowest BCUT2D eigenvalue weighted by Gasteiger charge is -2.20. The van der Waals surface area contributed by atoms with Crippen molar-refractivity contribution in [3.05, 3.63) is 23.9 Å². The van der Waals surface area contributed by atoms with Gasteiger partial charge in [0.2, 0.25) is 5.88 Å². The standard InChI is InChI=1S/C13H17NO2/c1-16-13-11(8-5-9-14-13)12(15)10-6-3-2-4-7-10/h5,8-10H,2-4,6-7H2,1H3. The second-order valence-corrected chi connectivity index (χ2v) is 4.26. The van der Waals surface area contributed by atoms with Crippen molar-refractivity contribution >= 4 is 5.78 Å². The molecule has 1 aliphatic carbocycles. The van der Waals surface area contributed by atoms with Crippen molar-refractivity contribution in [2.24, 2.45) is 5.92 Å². The van der Waals surface area contributed by atoms with Crippen LogP contribution < -0.4 is 4.74 Å². The summed E-state index contributed by atoms with van der Waals surface area (Å²) >= 11 is 0. The summed E-state index contributed by atoms with van der Waals surface area (Å²) < 4.78 is 5.13. The maximum atomic E-state index is 12.3. The number of rotatable bonds is 3. The molecule has 0 unspecified atom stereocenters. The van der Waals surface area contributed by atoms with E-state index in [4.69, 9.17) is 4.74 Å². The van der Waals surface area contributed by atoms with Gasteiger partial charge in [-0.05, 0) is 25.0 Å². The maximum absolute atomic E-state index is 12.3. The highest BCUT2D eigenvalue weighted by Gasteiger charge is 2.24. The minimum atomic E-state index is 0.173. The molecule has 2 rings (SSSR count). The quantitative estimate of drug-likeness (QED) is 0.734. The van der Waals surface area contributed by atoms with E-state index in [-0.39, 0.29) is 11.7 Å². The predicted octanol–water partition coefficient (Wildman–Crippen LogP) is 2.85. The molecule has 0 bridgehead atoms. The molecule has 16 heavy (non-hydrogen) atoms. The van der Waals surface area contributed by atoms with E-state index < -0.39 is 0 Å². The number of hydrogen-bond acceptors (Lipinski definition) is 3. The number of nitrogens with zero attached hydrogens (tertiary/aromatic N) is 1. The summed E-state index contributed by atoms with van der Waals surface area (Å²) in [6, 6.07) is 3.60. The zero-order valence-electron chi connectivity index (χ0n) is 9.61. The number of carbonyl (C=O) groups is 1. The zero-order chi connectivity index (χ0) is 11.4. The Bertz CT molecular complexity index is 370. The first-order valence-electron chi connectivity index (χ1n) is 5.86. The molecular weight excluding hydrogens is 202 g/mol. The van der Waals surface area contributed by atoms with Gasteiger partial charge in [0, 0.05) is 12.1 Å². The largest absolute Gasteiger partial charge is 0.480 e. The Balaban J connectivity index is 2.19. The molecule has 0 spiro atoms. The third-order valence-electron chi connectivity index (χ3n) is 3.21. The third kappa shape index (κ3) is 2.23. The number of carbonyl (C=O) groups excluding carboxylic acids is 1. The van der Waals surface area contributed by atoms with Gasteiger partial charge in [-0.25, -0.2) is 4.98 Å². The highest BCUT2D eigenvalue weighted by Crippen LogP contribution is 2.29. The van der Waals surface area contributed by atoms with Gasteiger partial charge in [-0.1, -0.05) is 19.3 Å². The van der Waals surface area contributed by atoms with Crippen LogP contribution in [0.3, 0.4) is 0 Å². The number of ketones is 1. The fraction of sp³-hybridized carbons (Fsp3) is 0.538. The first-order chi connectivity index (χ1) is 7.83. The molecule has 86 valence electrons. The average Bonchev–Trinajstić information content (AvgIpc) is 2.39. The highest BCUT2D eigenvalue weighted by molar-refractivity contribution is 5.99. The van der Waals surface area contributed by atoms with Crippen LogP contribution in [0.25, 0.3) is 0 Å². The molecule has 1 saturated carbocycles. The fourth-order valence-corrected chi connectivity index (χ4v) is 2.33. The van der Waals surface area contributed by atoms with Crippen LogP contribution in [0.5, 0.6) is 5.88 Å². The van der Waals surface area contributed by atoms with Crippen molar-refractivity contribution in [1.29, 1.82) is 0 Å². The van der Waals surface area contributed by atoms with Gasteiger partial charge < -0.3 is 4.74 Å². The lowest BCUT2D eigenvalue weighted by molar-refractivity contribution is 0.0885. The van der Waals surface area contributed by atoms with Crippen molar-refractivity contribution in [3.8, 4) is 5.88 Å². The normalized spacial score (nSPS) is 17.1. The van der Waals surface area contributed by atoms with Crippen LogP contribution in [0.1, 0.15) is 42.5 Å². The monoisotopic (exact) mass is 219 g/mol. The molecule has 0 aromatic carbocycles. The topological polar surface area (TPSA) is 39.2 Å². The van der Waals surface area contributed by atoms with Gasteiger partial charge in [-0.2, -0.15) is 0 Å². The zero-order valence-corrected chi connectivity index (χ0v) is 9.61. The first kappa shape index (κ1) is 11.1. The summed E-state index contributed by atoms with van der Waals surface area (Å²) in [4.78, 5) is 16.3. The van der Waals surface area contributed by atoms with Crippen LogP contribution in [-0.4, -0.2) is 17.9 Å². The Morgan fingerprint density at radius 2 is 2.12 bits per heavy atom. The number of aromatic nitrogens is 1. The molecule has 1 heterocycles.